The van der Waals surface area contributed by atoms with E-state index in [-0.39, 0.29) is 22.9 Å². The van der Waals surface area contributed by atoms with Crippen molar-refractivity contribution in [3.8, 4) is 0 Å². The fourth-order valence-corrected chi connectivity index (χ4v) is 3.74. The molecule has 3 nitrogen and oxygen atoms in total. The average Bonchev–Trinajstić information content (AvgIpc) is 3.27. The van der Waals surface area contributed by atoms with E-state index in [1.54, 1.807) is 6.92 Å². The van der Waals surface area contributed by atoms with Gasteiger partial charge in [-0.1, -0.05) is 6.07 Å². The first kappa shape index (κ1) is 16.4. The number of benzene rings is 1. The lowest BCUT2D eigenvalue weighted by Crippen LogP contribution is -2.43. The summed E-state index contributed by atoms with van der Waals surface area (Å²) in [6, 6.07) is 4.74. The van der Waals surface area contributed by atoms with Gasteiger partial charge in [0.15, 0.2) is 0 Å². The molecule has 0 unspecified atom stereocenters. The van der Waals surface area contributed by atoms with Gasteiger partial charge in [0.2, 0.25) is 5.91 Å². The zero-order valence-electron chi connectivity index (χ0n) is 13.5. The van der Waals surface area contributed by atoms with Crippen LogP contribution in [0.3, 0.4) is 0 Å². The van der Waals surface area contributed by atoms with Gasteiger partial charge < -0.3 is 10.6 Å². The van der Waals surface area contributed by atoms with E-state index in [4.69, 9.17) is 0 Å². The number of amides is 1. The van der Waals surface area contributed by atoms with Crippen molar-refractivity contribution in [2.45, 2.75) is 62.9 Å². The molecule has 1 aromatic rings. The zero-order valence-corrected chi connectivity index (χ0v) is 13.5. The van der Waals surface area contributed by atoms with Gasteiger partial charge in [0.05, 0.1) is 0 Å². The van der Waals surface area contributed by atoms with E-state index in [1.165, 1.54) is 18.2 Å². The third-order valence-corrected chi connectivity index (χ3v) is 5.21. The Morgan fingerprint density at radius 1 is 1.13 bits per heavy atom. The van der Waals surface area contributed by atoms with Crippen molar-refractivity contribution in [3.63, 3.8) is 0 Å². The van der Waals surface area contributed by atoms with E-state index in [9.17, 15) is 13.6 Å². The molecular weight excluding hydrogens is 298 g/mol. The molecule has 0 bridgehead atoms. The van der Waals surface area contributed by atoms with Crippen LogP contribution in [-0.2, 0) is 10.2 Å². The highest BCUT2D eigenvalue weighted by Gasteiger charge is 2.47. The van der Waals surface area contributed by atoms with E-state index >= 15 is 0 Å². The molecule has 0 radical (unpaired) electrons. The zero-order chi connectivity index (χ0) is 16.4. The summed E-state index contributed by atoms with van der Waals surface area (Å²) in [4.78, 5) is 11.1. The Hall–Kier alpha value is -1.49. The fraction of sp³-hybridized carbons (Fsp3) is 0.611. The Balaban J connectivity index is 1.54. The van der Waals surface area contributed by atoms with Crippen molar-refractivity contribution in [3.05, 3.63) is 35.4 Å². The second kappa shape index (κ2) is 6.56. The molecule has 0 heterocycles. The Morgan fingerprint density at radius 2 is 1.70 bits per heavy atom. The van der Waals surface area contributed by atoms with Crippen LogP contribution in [0.25, 0.3) is 0 Å². The van der Waals surface area contributed by atoms with Gasteiger partial charge >= 0.3 is 0 Å². The minimum atomic E-state index is -0.432. The highest BCUT2D eigenvalue weighted by molar-refractivity contribution is 5.73. The first-order chi connectivity index (χ1) is 11.0. The number of carbonyl (C=O) groups is 1. The predicted molar refractivity (Wildman–Crippen MR) is 85.1 cm³/mol. The van der Waals surface area contributed by atoms with Gasteiger partial charge in [0.25, 0.3) is 0 Å². The van der Waals surface area contributed by atoms with E-state index in [1.807, 2.05) is 0 Å². The van der Waals surface area contributed by atoms with Crippen LogP contribution < -0.4 is 10.6 Å². The second-order valence-corrected chi connectivity index (χ2v) is 7.01. The minimum absolute atomic E-state index is 0.0216. The monoisotopic (exact) mass is 322 g/mol. The van der Waals surface area contributed by atoms with Gasteiger partial charge in [-0.2, -0.15) is 0 Å². The normalized spacial score (nSPS) is 25.9. The summed E-state index contributed by atoms with van der Waals surface area (Å²) in [6.07, 6.45) is 5.55. The van der Waals surface area contributed by atoms with E-state index in [2.05, 4.69) is 10.6 Å². The van der Waals surface area contributed by atoms with E-state index in [0.29, 0.717) is 12.6 Å². The van der Waals surface area contributed by atoms with Crippen molar-refractivity contribution >= 4 is 5.91 Å². The topological polar surface area (TPSA) is 41.1 Å². The highest BCUT2D eigenvalue weighted by Crippen LogP contribution is 2.49. The maximum Gasteiger partial charge on any atom is 0.217 e. The maximum absolute atomic E-state index is 14.0. The fourth-order valence-electron chi connectivity index (χ4n) is 3.74. The van der Waals surface area contributed by atoms with Crippen LogP contribution in [0.15, 0.2) is 18.2 Å². The predicted octanol–water partition coefficient (Wildman–Crippen LogP) is 3.03. The summed E-state index contributed by atoms with van der Waals surface area (Å²) in [6.45, 7) is 2.17. The van der Waals surface area contributed by atoms with Crippen molar-refractivity contribution in [2.75, 3.05) is 6.54 Å². The average molecular weight is 322 g/mol. The van der Waals surface area contributed by atoms with Crippen LogP contribution in [0, 0.1) is 11.6 Å². The number of nitrogens with one attached hydrogen (secondary N) is 2. The standard InChI is InChI=1S/C18H24F2N2O/c1-12(23)22-14-7-5-13(6-8-14)21-11-18(9-10-18)17-15(19)3-2-4-16(17)20/h2-4,13-14,21H,5-11H2,1H3,(H,22,23). The third kappa shape index (κ3) is 3.71. The molecule has 2 fully saturated rings. The molecule has 23 heavy (non-hydrogen) atoms. The second-order valence-electron chi connectivity index (χ2n) is 7.01. The molecule has 0 spiro atoms. The molecule has 0 saturated heterocycles. The first-order valence-electron chi connectivity index (χ1n) is 8.45. The molecular formula is C18H24F2N2O. The molecule has 126 valence electrons. The molecule has 3 rings (SSSR count). The summed E-state index contributed by atoms with van der Waals surface area (Å²) in [5.41, 5.74) is -0.122. The smallest absolute Gasteiger partial charge is 0.217 e. The summed E-state index contributed by atoms with van der Waals surface area (Å²) in [5.74, 6) is -0.842. The lowest BCUT2D eigenvalue weighted by molar-refractivity contribution is -0.119. The minimum Gasteiger partial charge on any atom is -0.354 e. The van der Waals surface area contributed by atoms with E-state index < -0.39 is 11.6 Å². The number of hydrogen-bond acceptors (Lipinski definition) is 2. The SMILES string of the molecule is CC(=O)NC1CCC(NCC2(c3c(F)cccc3F)CC2)CC1. The van der Waals surface area contributed by atoms with Crippen molar-refractivity contribution in [1.82, 2.24) is 10.6 Å². The number of carbonyl (C=O) groups excluding carboxylic acids is 1. The Bertz CT molecular complexity index is 558. The van der Waals surface area contributed by atoms with Gasteiger partial charge in [0.1, 0.15) is 11.6 Å². The van der Waals surface area contributed by atoms with Gasteiger partial charge in [-0.25, -0.2) is 8.78 Å². The summed E-state index contributed by atoms with van der Waals surface area (Å²) in [7, 11) is 0. The summed E-state index contributed by atoms with van der Waals surface area (Å²) < 4.78 is 28.0. The Kier molecular flexibility index (Phi) is 4.67. The first-order valence-corrected chi connectivity index (χ1v) is 8.45. The number of rotatable bonds is 5. The third-order valence-electron chi connectivity index (χ3n) is 5.21. The highest BCUT2D eigenvalue weighted by atomic mass is 19.1. The summed E-state index contributed by atoms with van der Waals surface area (Å²) >= 11 is 0. The molecule has 2 aliphatic carbocycles. The molecule has 2 saturated carbocycles. The van der Waals surface area contributed by atoms with Crippen molar-refractivity contribution < 1.29 is 13.6 Å². The quantitative estimate of drug-likeness (QED) is 0.875. The maximum atomic E-state index is 14.0. The molecule has 2 N–H and O–H groups in total. The lowest BCUT2D eigenvalue weighted by Gasteiger charge is -2.31. The number of halogens is 2. The molecule has 0 aliphatic heterocycles. The van der Waals surface area contributed by atoms with Crippen LogP contribution in [0.2, 0.25) is 0 Å². The van der Waals surface area contributed by atoms with Gasteiger partial charge in [-0.05, 0) is 50.7 Å². The molecule has 2 aliphatic rings. The van der Waals surface area contributed by atoms with Crippen LogP contribution in [0.4, 0.5) is 8.78 Å². The Morgan fingerprint density at radius 3 is 2.22 bits per heavy atom. The van der Waals surface area contributed by atoms with Gasteiger partial charge in [-0.15, -0.1) is 0 Å². The molecule has 0 atom stereocenters. The van der Waals surface area contributed by atoms with E-state index in [0.717, 1.165) is 38.5 Å². The molecule has 0 aromatic heterocycles. The van der Waals surface area contributed by atoms with Crippen molar-refractivity contribution in [2.24, 2.45) is 0 Å². The van der Waals surface area contributed by atoms with Crippen LogP contribution in [0.5, 0.6) is 0 Å². The molecule has 1 amide bonds. The van der Waals surface area contributed by atoms with Crippen LogP contribution >= 0.6 is 0 Å². The molecule has 5 heteroatoms. The summed E-state index contributed by atoms with van der Waals surface area (Å²) in [5, 5.41) is 6.47. The lowest BCUT2D eigenvalue weighted by atomic mass is 9.89. The molecule has 1 aromatic carbocycles. The largest absolute Gasteiger partial charge is 0.354 e. The Labute approximate surface area is 135 Å². The van der Waals surface area contributed by atoms with Gasteiger partial charge in [0, 0.05) is 36.5 Å². The van der Waals surface area contributed by atoms with Crippen LogP contribution in [0.1, 0.15) is 51.0 Å². The van der Waals surface area contributed by atoms with Crippen LogP contribution in [-0.4, -0.2) is 24.5 Å². The van der Waals surface area contributed by atoms with Crippen molar-refractivity contribution in [1.29, 1.82) is 0 Å². The number of hydrogen-bond donors (Lipinski definition) is 2. The van der Waals surface area contributed by atoms with Gasteiger partial charge in [-0.3, -0.25) is 4.79 Å².